The normalized spacial score (nSPS) is 31.3. The van der Waals surface area contributed by atoms with Crippen LogP contribution in [0.4, 0.5) is 0 Å². The summed E-state index contributed by atoms with van der Waals surface area (Å²) < 4.78 is 0. The molecule has 1 saturated heterocycles. The van der Waals surface area contributed by atoms with E-state index in [2.05, 4.69) is 35.0 Å². The number of piperidine rings is 1. The third-order valence-electron chi connectivity index (χ3n) is 4.55. The molecule has 2 heterocycles. The van der Waals surface area contributed by atoms with Crippen molar-refractivity contribution < 1.29 is 5.11 Å². The Morgan fingerprint density at radius 1 is 1.37 bits per heavy atom. The number of rotatable bonds is 4. The Kier molecular flexibility index (Phi) is 3.63. The molecule has 3 rings (SSSR count). The molecule has 2 bridgehead atoms. The summed E-state index contributed by atoms with van der Waals surface area (Å²) in [6.45, 7) is 7.47. The average Bonchev–Trinajstić information content (AvgIpc) is 2.82. The smallest absolute Gasteiger partial charge is 0.0628 e. The summed E-state index contributed by atoms with van der Waals surface area (Å²) in [4.78, 5) is 2.47. The highest BCUT2D eigenvalue weighted by molar-refractivity contribution is 5.09. The molecular weight excluding hydrogens is 238 g/mol. The largest absolute Gasteiger partial charge is 0.392 e. The molecule has 4 nitrogen and oxygen atoms in total. The van der Waals surface area contributed by atoms with Crippen LogP contribution in [-0.4, -0.2) is 39.4 Å². The van der Waals surface area contributed by atoms with Crippen molar-refractivity contribution >= 4 is 0 Å². The predicted octanol–water partition coefficient (Wildman–Crippen LogP) is 1.81. The molecule has 1 aliphatic carbocycles. The summed E-state index contributed by atoms with van der Waals surface area (Å²) in [6.07, 6.45) is 3.39. The van der Waals surface area contributed by atoms with Crippen molar-refractivity contribution in [3.8, 4) is 0 Å². The van der Waals surface area contributed by atoms with E-state index >= 15 is 0 Å². The van der Waals surface area contributed by atoms with Gasteiger partial charge in [0.05, 0.1) is 11.8 Å². The molecule has 2 fully saturated rings. The fourth-order valence-corrected chi connectivity index (χ4v) is 3.67. The second kappa shape index (κ2) is 5.25. The van der Waals surface area contributed by atoms with E-state index in [1.54, 1.807) is 0 Å². The summed E-state index contributed by atoms with van der Waals surface area (Å²) in [6, 6.07) is 2.20. The van der Waals surface area contributed by atoms with E-state index in [9.17, 15) is 5.11 Å². The topological polar surface area (TPSA) is 52.1 Å². The minimum Gasteiger partial charge on any atom is -0.392 e. The summed E-state index contributed by atoms with van der Waals surface area (Å²) >= 11 is 0. The molecule has 19 heavy (non-hydrogen) atoms. The van der Waals surface area contributed by atoms with Crippen molar-refractivity contribution in [2.75, 3.05) is 13.1 Å². The van der Waals surface area contributed by atoms with E-state index in [-0.39, 0.29) is 6.10 Å². The third-order valence-corrected chi connectivity index (χ3v) is 4.55. The Bertz CT molecular complexity index is 415. The van der Waals surface area contributed by atoms with E-state index in [1.807, 2.05) is 0 Å². The van der Waals surface area contributed by atoms with Crippen LogP contribution in [0, 0.1) is 17.8 Å². The minimum absolute atomic E-state index is 0.0467. The monoisotopic (exact) mass is 263 g/mol. The highest BCUT2D eigenvalue weighted by Crippen LogP contribution is 2.37. The molecule has 1 aliphatic heterocycles. The van der Waals surface area contributed by atoms with E-state index in [4.69, 9.17) is 0 Å². The molecule has 4 heteroatoms. The Morgan fingerprint density at radius 2 is 2.05 bits per heavy atom. The lowest BCUT2D eigenvalue weighted by Crippen LogP contribution is -2.44. The number of nitrogens with one attached hydrogen (secondary N) is 1. The lowest BCUT2D eigenvalue weighted by atomic mass is 9.95. The van der Waals surface area contributed by atoms with Crippen molar-refractivity contribution in [1.82, 2.24) is 15.1 Å². The van der Waals surface area contributed by atoms with Gasteiger partial charge in [0.1, 0.15) is 0 Å². The standard InChI is InChI=1S/C15H25N3O/c1-10(2)5-13-6-14(17-16-13)9-18-7-11-3-4-12(8-18)15(11)19/h6,10-12,15,19H,3-5,7-9H2,1-2H3,(H,16,17)/t11-,12+,15?. The second-order valence-electron chi connectivity index (χ2n) is 6.76. The first-order chi connectivity index (χ1) is 9.11. The molecular formula is C15H25N3O. The van der Waals surface area contributed by atoms with E-state index in [0.29, 0.717) is 17.8 Å². The molecule has 0 spiro atoms. The van der Waals surface area contributed by atoms with Crippen molar-refractivity contribution in [1.29, 1.82) is 0 Å². The maximum Gasteiger partial charge on any atom is 0.0628 e. The first-order valence-electron chi connectivity index (χ1n) is 7.55. The highest BCUT2D eigenvalue weighted by atomic mass is 16.3. The summed E-state index contributed by atoms with van der Waals surface area (Å²) in [5.41, 5.74) is 2.39. The number of fused-ring (bicyclic) bond motifs is 2. The molecule has 2 aliphatic rings. The van der Waals surface area contributed by atoms with Crippen LogP contribution in [0.2, 0.25) is 0 Å². The van der Waals surface area contributed by atoms with Gasteiger partial charge in [-0.05, 0) is 43.1 Å². The highest BCUT2D eigenvalue weighted by Gasteiger charge is 2.40. The van der Waals surface area contributed by atoms with Crippen LogP contribution in [0.1, 0.15) is 38.1 Å². The number of aromatic amines is 1. The predicted molar refractivity (Wildman–Crippen MR) is 74.6 cm³/mol. The number of hydrogen-bond acceptors (Lipinski definition) is 3. The Morgan fingerprint density at radius 3 is 2.68 bits per heavy atom. The maximum atomic E-state index is 10.0. The average molecular weight is 263 g/mol. The maximum absolute atomic E-state index is 10.0. The van der Waals surface area contributed by atoms with Crippen molar-refractivity contribution in [2.45, 2.75) is 45.8 Å². The Labute approximate surface area is 115 Å². The Balaban J connectivity index is 1.58. The van der Waals surface area contributed by atoms with Crippen LogP contribution < -0.4 is 0 Å². The molecule has 0 aromatic carbocycles. The molecule has 1 aromatic rings. The van der Waals surface area contributed by atoms with Crippen LogP contribution in [0.15, 0.2) is 6.07 Å². The molecule has 1 aromatic heterocycles. The molecule has 2 N–H and O–H groups in total. The number of hydrogen-bond donors (Lipinski definition) is 2. The fourth-order valence-electron chi connectivity index (χ4n) is 3.67. The van der Waals surface area contributed by atoms with E-state index in [0.717, 1.165) is 26.1 Å². The van der Waals surface area contributed by atoms with Crippen molar-refractivity contribution in [3.63, 3.8) is 0 Å². The molecule has 0 radical (unpaired) electrons. The van der Waals surface area contributed by atoms with Gasteiger partial charge in [0.15, 0.2) is 0 Å². The zero-order valence-corrected chi connectivity index (χ0v) is 12.0. The quantitative estimate of drug-likeness (QED) is 0.871. The minimum atomic E-state index is -0.0467. The van der Waals surface area contributed by atoms with Crippen molar-refractivity contribution in [2.24, 2.45) is 17.8 Å². The number of nitrogens with zero attached hydrogens (tertiary/aromatic N) is 2. The second-order valence-corrected chi connectivity index (χ2v) is 6.76. The first-order valence-corrected chi connectivity index (χ1v) is 7.55. The van der Waals surface area contributed by atoms with Crippen LogP contribution >= 0.6 is 0 Å². The van der Waals surface area contributed by atoms with Crippen molar-refractivity contribution in [3.05, 3.63) is 17.5 Å². The number of aliphatic hydroxyl groups excluding tert-OH is 1. The Hall–Kier alpha value is -0.870. The molecule has 0 amide bonds. The number of aromatic nitrogens is 2. The summed E-state index contributed by atoms with van der Waals surface area (Å²) in [5, 5.41) is 17.6. The lowest BCUT2D eigenvalue weighted by Gasteiger charge is -2.35. The lowest BCUT2D eigenvalue weighted by molar-refractivity contribution is 0.0134. The first kappa shape index (κ1) is 13.1. The molecule has 3 atom stereocenters. The van der Waals surface area contributed by atoms with Crippen LogP contribution in [0.3, 0.4) is 0 Å². The molecule has 1 saturated carbocycles. The van der Waals surface area contributed by atoms with Gasteiger partial charge < -0.3 is 5.11 Å². The van der Waals surface area contributed by atoms with Gasteiger partial charge in [-0.2, -0.15) is 5.10 Å². The van der Waals surface area contributed by atoms with Gasteiger partial charge in [0.25, 0.3) is 0 Å². The van der Waals surface area contributed by atoms with Gasteiger partial charge in [-0.3, -0.25) is 10.00 Å². The SMILES string of the molecule is CC(C)Cc1cc(CN2C[C@H]3CC[C@@H](C2)C3O)[nH]n1. The molecule has 106 valence electrons. The number of likely N-dealkylation sites (tertiary alicyclic amines) is 1. The number of aliphatic hydroxyl groups is 1. The van der Waals surface area contributed by atoms with Crippen LogP contribution in [0.25, 0.3) is 0 Å². The van der Waals surface area contributed by atoms with E-state index in [1.165, 1.54) is 24.2 Å². The van der Waals surface area contributed by atoms with Gasteiger partial charge in [0, 0.05) is 25.3 Å². The van der Waals surface area contributed by atoms with Gasteiger partial charge in [-0.15, -0.1) is 0 Å². The van der Waals surface area contributed by atoms with Gasteiger partial charge >= 0.3 is 0 Å². The zero-order valence-electron chi connectivity index (χ0n) is 12.0. The van der Waals surface area contributed by atoms with Crippen LogP contribution in [-0.2, 0) is 13.0 Å². The zero-order chi connectivity index (χ0) is 13.4. The third kappa shape index (κ3) is 2.84. The fraction of sp³-hybridized carbons (Fsp3) is 0.800. The van der Waals surface area contributed by atoms with Gasteiger partial charge in [-0.1, -0.05) is 13.8 Å². The van der Waals surface area contributed by atoms with Crippen LogP contribution in [0.5, 0.6) is 0 Å². The van der Waals surface area contributed by atoms with E-state index < -0.39 is 0 Å². The molecule has 1 unspecified atom stereocenters. The van der Waals surface area contributed by atoms with Gasteiger partial charge in [-0.25, -0.2) is 0 Å². The summed E-state index contributed by atoms with van der Waals surface area (Å²) in [7, 11) is 0. The number of H-pyrrole nitrogens is 1. The van der Waals surface area contributed by atoms with Gasteiger partial charge in [0.2, 0.25) is 0 Å². The summed E-state index contributed by atoms with van der Waals surface area (Å²) in [5.74, 6) is 1.64.